The van der Waals surface area contributed by atoms with Crippen molar-refractivity contribution in [3.63, 3.8) is 0 Å². The minimum Gasteiger partial charge on any atom is -0.348 e. The van der Waals surface area contributed by atoms with E-state index in [0.717, 1.165) is 24.0 Å². The molecule has 1 unspecified atom stereocenters. The van der Waals surface area contributed by atoms with Crippen molar-refractivity contribution in [2.24, 2.45) is 11.7 Å². The highest BCUT2D eigenvalue weighted by molar-refractivity contribution is 6.42. The van der Waals surface area contributed by atoms with Crippen LogP contribution in [0.3, 0.4) is 0 Å². The topological polar surface area (TPSA) is 84.2 Å². The number of fused-ring (bicyclic) bond motifs is 1. The van der Waals surface area contributed by atoms with Crippen molar-refractivity contribution >= 4 is 47.4 Å². The van der Waals surface area contributed by atoms with Crippen molar-refractivity contribution in [3.8, 4) is 0 Å². The monoisotopic (exact) mass is 393 g/mol. The lowest BCUT2D eigenvalue weighted by atomic mass is 10.1. The van der Waals surface area contributed by atoms with Gasteiger partial charge in [0.2, 0.25) is 11.8 Å². The fourth-order valence-corrected chi connectivity index (χ4v) is 3.06. The molecule has 2 amide bonds. The second-order valence-corrected chi connectivity index (χ2v) is 6.86. The first-order chi connectivity index (χ1) is 10.8. The van der Waals surface area contributed by atoms with Crippen LogP contribution < -0.4 is 16.4 Å². The molecule has 0 heterocycles. The maximum absolute atomic E-state index is 12.0. The first-order valence-electron chi connectivity index (χ1n) is 7.60. The van der Waals surface area contributed by atoms with Gasteiger partial charge in [0.15, 0.2) is 0 Å². The van der Waals surface area contributed by atoms with Crippen LogP contribution in [0, 0.1) is 5.92 Å². The Morgan fingerprint density at radius 3 is 2.62 bits per heavy atom. The van der Waals surface area contributed by atoms with E-state index in [4.69, 9.17) is 28.9 Å². The molecule has 1 aromatic rings. The number of benzene rings is 1. The number of nitrogens with two attached hydrogens (primary N) is 1. The second kappa shape index (κ2) is 8.90. The fourth-order valence-electron chi connectivity index (χ4n) is 2.62. The quantitative estimate of drug-likeness (QED) is 0.718. The van der Waals surface area contributed by atoms with E-state index in [1.807, 2.05) is 19.9 Å². The van der Waals surface area contributed by atoms with E-state index in [0.29, 0.717) is 10.0 Å². The molecule has 0 aliphatic heterocycles. The van der Waals surface area contributed by atoms with Gasteiger partial charge in [0.25, 0.3) is 0 Å². The molecule has 4 N–H and O–H groups in total. The van der Waals surface area contributed by atoms with Crippen LogP contribution in [0.5, 0.6) is 0 Å². The van der Waals surface area contributed by atoms with Crippen molar-refractivity contribution in [2.75, 3.05) is 6.54 Å². The van der Waals surface area contributed by atoms with Gasteiger partial charge in [-0.15, -0.1) is 12.4 Å². The standard InChI is InChI=1S/C16H21Cl2N3O2.ClH/c1-8(2)15(19)16(23)20-7-13(22)21-12-6-4-10-9(12)3-5-11(17)14(10)18;/h3,5,8,12,15H,4,6-7,19H2,1-2H3,(H,20,23)(H,21,22);1H/t12?,15-;/m0./s1. The smallest absolute Gasteiger partial charge is 0.239 e. The highest BCUT2D eigenvalue weighted by atomic mass is 35.5. The van der Waals surface area contributed by atoms with E-state index < -0.39 is 6.04 Å². The maximum atomic E-state index is 12.0. The highest BCUT2D eigenvalue weighted by Gasteiger charge is 2.27. The predicted molar refractivity (Wildman–Crippen MR) is 98.7 cm³/mol. The number of carbonyl (C=O) groups excluding carboxylic acids is 2. The fraction of sp³-hybridized carbons (Fsp3) is 0.500. The summed E-state index contributed by atoms with van der Waals surface area (Å²) in [5, 5.41) is 6.54. The number of carbonyl (C=O) groups is 2. The van der Waals surface area contributed by atoms with Gasteiger partial charge in [-0.05, 0) is 36.0 Å². The lowest BCUT2D eigenvalue weighted by molar-refractivity contribution is -0.127. The average Bonchev–Trinajstić information content (AvgIpc) is 2.91. The Hall–Kier alpha value is -1.01. The third-order valence-electron chi connectivity index (χ3n) is 4.07. The number of amides is 2. The summed E-state index contributed by atoms with van der Waals surface area (Å²) >= 11 is 12.2. The highest BCUT2D eigenvalue weighted by Crippen LogP contribution is 2.38. The third-order valence-corrected chi connectivity index (χ3v) is 4.91. The normalized spacial score (nSPS) is 17.0. The Balaban J connectivity index is 0.00000288. The molecule has 0 spiro atoms. The zero-order valence-electron chi connectivity index (χ0n) is 13.6. The van der Waals surface area contributed by atoms with Crippen molar-refractivity contribution in [1.82, 2.24) is 10.6 Å². The molecule has 1 aliphatic carbocycles. The first-order valence-corrected chi connectivity index (χ1v) is 8.36. The van der Waals surface area contributed by atoms with E-state index in [9.17, 15) is 9.59 Å². The van der Waals surface area contributed by atoms with Crippen LogP contribution >= 0.6 is 35.6 Å². The molecule has 0 aromatic heterocycles. The molecule has 0 saturated carbocycles. The minimum atomic E-state index is -0.615. The van der Waals surface area contributed by atoms with Gasteiger partial charge in [-0.1, -0.05) is 43.1 Å². The second-order valence-electron chi connectivity index (χ2n) is 6.08. The maximum Gasteiger partial charge on any atom is 0.239 e. The van der Waals surface area contributed by atoms with Crippen molar-refractivity contribution in [1.29, 1.82) is 0 Å². The van der Waals surface area contributed by atoms with Crippen LogP contribution in [-0.2, 0) is 16.0 Å². The van der Waals surface area contributed by atoms with Crippen LogP contribution in [0.1, 0.15) is 37.4 Å². The molecule has 2 atom stereocenters. The summed E-state index contributed by atoms with van der Waals surface area (Å²) in [7, 11) is 0. The molecule has 2 rings (SSSR count). The van der Waals surface area contributed by atoms with E-state index in [2.05, 4.69) is 10.6 Å². The molecule has 1 aromatic carbocycles. The van der Waals surface area contributed by atoms with Gasteiger partial charge in [-0.25, -0.2) is 0 Å². The zero-order chi connectivity index (χ0) is 17.1. The Morgan fingerprint density at radius 2 is 2.00 bits per heavy atom. The SMILES string of the molecule is CC(C)[C@H](N)C(=O)NCC(=O)NC1CCc2c1ccc(Cl)c2Cl.Cl. The molecular formula is C16H22Cl3N3O2. The lowest BCUT2D eigenvalue weighted by Gasteiger charge is -2.17. The Kier molecular flexibility index (Phi) is 7.80. The van der Waals surface area contributed by atoms with Gasteiger partial charge in [-0.2, -0.15) is 0 Å². The minimum absolute atomic E-state index is 0. The van der Waals surface area contributed by atoms with Crippen LogP contribution in [0.4, 0.5) is 0 Å². The number of rotatable bonds is 5. The lowest BCUT2D eigenvalue weighted by Crippen LogP contribution is -2.47. The molecule has 5 nitrogen and oxygen atoms in total. The van der Waals surface area contributed by atoms with Gasteiger partial charge in [0.05, 0.1) is 28.7 Å². The zero-order valence-corrected chi connectivity index (χ0v) is 15.9. The van der Waals surface area contributed by atoms with Gasteiger partial charge in [0, 0.05) is 0 Å². The molecule has 1 aliphatic rings. The van der Waals surface area contributed by atoms with Gasteiger partial charge in [0.1, 0.15) is 0 Å². The van der Waals surface area contributed by atoms with E-state index >= 15 is 0 Å². The number of nitrogens with one attached hydrogen (secondary N) is 2. The third kappa shape index (κ3) is 4.76. The summed E-state index contributed by atoms with van der Waals surface area (Å²) in [6.45, 7) is 3.62. The number of halogens is 3. The van der Waals surface area contributed by atoms with Crippen molar-refractivity contribution in [2.45, 2.75) is 38.8 Å². The Bertz CT molecular complexity index is 623. The van der Waals surface area contributed by atoms with E-state index in [1.54, 1.807) is 6.07 Å². The predicted octanol–water partition coefficient (Wildman–Crippen LogP) is 2.62. The molecule has 0 fully saturated rings. The van der Waals surface area contributed by atoms with E-state index in [1.165, 1.54) is 0 Å². The number of hydrogen-bond acceptors (Lipinski definition) is 3. The molecule has 8 heteroatoms. The largest absolute Gasteiger partial charge is 0.348 e. The summed E-state index contributed by atoms with van der Waals surface area (Å²) < 4.78 is 0. The summed E-state index contributed by atoms with van der Waals surface area (Å²) in [6.07, 6.45) is 1.53. The first kappa shape index (κ1) is 21.0. The van der Waals surface area contributed by atoms with Crippen LogP contribution in [0.25, 0.3) is 0 Å². The summed E-state index contributed by atoms with van der Waals surface area (Å²) in [4.78, 5) is 23.8. The Labute approximate surface area is 158 Å². The average molecular weight is 395 g/mol. The van der Waals surface area contributed by atoms with Crippen LogP contribution in [0.2, 0.25) is 10.0 Å². The van der Waals surface area contributed by atoms with Crippen LogP contribution in [0.15, 0.2) is 12.1 Å². The molecular weight excluding hydrogens is 373 g/mol. The summed E-state index contributed by atoms with van der Waals surface area (Å²) in [5.74, 6) is -0.554. The Morgan fingerprint density at radius 1 is 1.33 bits per heavy atom. The van der Waals surface area contributed by atoms with Gasteiger partial charge < -0.3 is 16.4 Å². The van der Waals surface area contributed by atoms with E-state index in [-0.39, 0.29) is 42.7 Å². The molecule has 0 radical (unpaired) electrons. The van der Waals surface area contributed by atoms with Crippen LogP contribution in [-0.4, -0.2) is 24.4 Å². The molecule has 134 valence electrons. The number of hydrogen-bond donors (Lipinski definition) is 3. The van der Waals surface area contributed by atoms with Gasteiger partial charge in [-0.3, -0.25) is 9.59 Å². The van der Waals surface area contributed by atoms with Gasteiger partial charge >= 0.3 is 0 Å². The molecule has 0 saturated heterocycles. The summed E-state index contributed by atoms with van der Waals surface area (Å²) in [6, 6.07) is 2.89. The van der Waals surface area contributed by atoms with Crippen molar-refractivity contribution in [3.05, 3.63) is 33.3 Å². The van der Waals surface area contributed by atoms with Crippen molar-refractivity contribution < 1.29 is 9.59 Å². The summed E-state index contributed by atoms with van der Waals surface area (Å²) in [5.41, 5.74) is 7.70. The molecule has 24 heavy (non-hydrogen) atoms. The molecule has 0 bridgehead atoms.